The van der Waals surface area contributed by atoms with Crippen molar-refractivity contribution in [2.24, 2.45) is 5.10 Å². The normalized spacial score (nSPS) is 11.6. The number of rotatable bonds is 4. The molecule has 2 aromatic rings. The Kier molecular flexibility index (Phi) is 4.54. The van der Waals surface area contributed by atoms with Gasteiger partial charge in [0, 0.05) is 9.13 Å². The van der Waals surface area contributed by atoms with Crippen LogP contribution in [0, 0.1) is 3.57 Å². The zero-order chi connectivity index (χ0) is 13.7. The Hall–Kier alpha value is -1.41. The van der Waals surface area contributed by atoms with Crippen molar-refractivity contribution in [2.75, 3.05) is 0 Å². The van der Waals surface area contributed by atoms with Gasteiger partial charge in [-0.3, -0.25) is 0 Å². The number of benzene rings is 2. The highest BCUT2D eigenvalue weighted by atomic mass is 127. The van der Waals surface area contributed by atoms with Gasteiger partial charge < -0.3 is 0 Å². The number of hydrazone groups is 1. The van der Waals surface area contributed by atoms with Crippen LogP contribution in [-0.4, -0.2) is 14.6 Å². The van der Waals surface area contributed by atoms with Crippen molar-refractivity contribution in [1.29, 1.82) is 0 Å². The molecule has 0 aliphatic rings. The predicted octanol–water partition coefficient (Wildman–Crippen LogP) is 2.60. The van der Waals surface area contributed by atoms with Gasteiger partial charge in [0.05, 0.1) is 11.1 Å². The first kappa shape index (κ1) is 14.0. The Bertz CT molecular complexity index is 685. The second-order valence-corrected chi connectivity index (χ2v) is 6.51. The standard InChI is InChI=1S/C13H11IN2O2S/c14-13-9-5-4-6-11(13)10-15-16-19(17,18)12-7-2-1-3-8-12/h1-10,16H. The van der Waals surface area contributed by atoms with Crippen LogP contribution >= 0.6 is 22.6 Å². The van der Waals surface area contributed by atoms with Gasteiger partial charge in [-0.2, -0.15) is 13.5 Å². The molecule has 0 radical (unpaired) electrons. The lowest BCUT2D eigenvalue weighted by Crippen LogP contribution is -2.18. The molecule has 0 aliphatic carbocycles. The van der Waals surface area contributed by atoms with E-state index in [1.54, 1.807) is 18.2 Å². The number of sulfonamides is 1. The molecule has 0 aliphatic heterocycles. The number of nitrogens with zero attached hydrogens (tertiary/aromatic N) is 1. The first-order valence-electron chi connectivity index (χ1n) is 5.44. The first-order valence-corrected chi connectivity index (χ1v) is 8.00. The van der Waals surface area contributed by atoms with E-state index in [0.717, 1.165) is 9.13 Å². The average molecular weight is 386 g/mol. The average Bonchev–Trinajstić information content (AvgIpc) is 2.42. The smallest absolute Gasteiger partial charge is 0.200 e. The molecule has 0 saturated carbocycles. The van der Waals surface area contributed by atoms with E-state index in [9.17, 15) is 8.42 Å². The molecule has 0 amide bonds. The van der Waals surface area contributed by atoms with Crippen molar-refractivity contribution >= 4 is 38.8 Å². The minimum Gasteiger partial charge on any atom is -0.200 e. The second-order valence-electron chi connectivity index (χ2n) is 3.69. The summed E-state index contributed by atoms with van der Waals surface area (Å²) in [5, 5.41) is 3.78. The third kappa shape index (κ3) is 3.77. The molecule has 0 spiro atoms. The number of nitrogens with one attached hydrogen (secondary N) is 1. The van der Waals surface area contributed by atoms with Gasteiger partial charge in [0.2, 0.25) is 0 Å². The SMILES string of the molecule is O=S(=O)(NN=Cc1ccccc1I)c1ccccc1. The lowest BCUT2D eigenvalue weighted by atomic mass is 10.2. The van der Waals surface area contributed by atoms with Crippen molar-refractivity contribution in [2.45, 2.75) is 4.90 Å². The van der Waals surface area contributed by atoms with E-state index in [0.29, 0.717) is 0 Å². The van der Waals surface area contributed by atoms with Crippen molar-refractivity contribution in [3.05, 3.63) is 63.7 Å². The van der Waals surface area contributed by atoms with Crippen LogP contribution in [0.2, 0.25) is 0 Å². The minimum absolute atomic E-state index is 0.190. The summed E-state index contributed by atoms with van der Waals surface area (Å²) >= 11 is 2.16. The van der Waals surface area contributed by atoms with Crippen LogP contribution in [0.3, 0.4) is 0 Å². The van der Waals surface area contributed by atoms with Gasteiger partial charge >= 0.3 is 0 Å². The number of halogens is 1. The van der Waals surface area contributed by atoms with E-state index in [2.05, 4.69) is 32.5 Å². The number of hydrogen-bond donors (Lipinski definition) is 1. The van der Waals surface area contributed by atoms with E-state index in [-0.39, 0.29) is 4.90 Å². The molecule has 1 N–H and O–H groups in total. The van der Waals surface area contributed by atoms with Crippen LogP contribution < -0.4 is 4.83 Å². The summed E-state index contributed by atoms with van der Waals surface area (Å²) in [6.45, 7) is 0. The summed E-state index contributed by atoms with van der Waals surface area (Å²) in [4.78, 5) is 2.38. The summed E-state index contributed by atoms with van der Waals surface area (Å²) in [6, 6.07) is 15.7. The van der Waals surface area contributed by atoms with Gasteiger partial charge in [-0.05, 0) is 40.8 Å². The number of hydrogen-bond acceptors (Lipinski definition) is 3. The fourth-order valence-electron chi connectivity index (χ4n) is 1.40. The molecule has 19 heavy (non-hydrogen) atoms. The summed E-state index contributed by atoms with van der Waals surface area (Å²) < 4.78 is 24.8. The Balaban J connectivity index is 2.13. The lowest BCUT2D eigenvalue weighted by Gasteiger charge is -2.02. The molecule has 98 valence electrons. The van der Waals surface area contributed by atoms with E-state index in [4.69, 9.17) is 0 Å². The second kappa shape index (κ2) is 6.16. The Labute approximate surface area is 125 Å². The van der Waals surface area contributed by atoms with Gasteiger partial charge in [0.1, 0.15) is 0 Å². The summed E-state index contributed by atoms with van der Waals surface area (Å²) in [7, 11) is -3.59. The molecule has 0 heterocycles. The Morgan fingerprint density at radius 1 is 1.00 bits per heavy atom. The van der Waals surface area contributed by atoms with Gasteiger partial charge in [-0.15, -0.1) is 0 Å². The molecule has 2 aromatic carbocycles. The summed E-state index contributed by atoms with van der Waals surface area (Å²) in [5.74, 6) is 0. The van der Waals surface area contributed by atoms with Crippen LogP contribution in [-0.2, 0) is 10.0 Å². The highest BCUT2D eigenvalue weighted by Crippen LogP contribution is 2.09. The first-order chi connectivity index (χ1) is 9.09. The van der Waals surface area contributed by atoms with Crippen LogP contribution in [0.4, 0.5) is 0 Å². The van der Waals surface area contributed by atoms with Crippen LogP contribution in [0.1, 0.15) is 5.56 Å². The third-order valence-corrected chi connectivity index (χ3v) is 4.56. The molecule has 6 heteroatoms. The summed E-state index contributed by atoms with van der Waals surface area (Å²) in [5.41, 5.74) is 0.860. The van der Waals surface area contributed by atoms with Gasteiger partial charge in [0.25, 0.3) is 10.0 Å². The van der Waals surface area contributed by atoms with Gasteiger partial charge in [-0.1, -0.05) is 36.4 Å². The third-order valence-electron chi connectivity index (χ3n) is 2.34. The van der Waals surface area contributed by atoms with E-state index in [1.165, 1.54) is 18.3 Å². The maximum atomic E-state index is 11.9. The molecular formula is C13H11IN2O2S. The predicted molar refractivity (Wildman–Crippen MR) is 83.5 cm³/mol. The van der Waals surface area contributed by atoms with Crippen LogP contribution in [0.15, 0.2) is 64.6 Å². The Morgan fingerprint density at radius 2 is 1.63 bits per heavy atom. The highest BCUT2D eigenvalue weighted by Gasteiger charge is 2.10. The fraction of sp³-hybridized carbons (Fsp3) is 0. The van der Waals surface area contributed by atoms with Crippen molar-refractivity contribution < 1.29 is 8.42 Å². The van der Waals surface area contributed by atoms with Crippen molar-refractivity contribution in [1.82, 2.24) is 4.83 Å². The zero-order valence-corrected chi connectivity index (χ0v) is 12.8. The maximum absolute atomic E-state index is 11.9. The molecule has 0 unspecified atom stereocenters. The van der Waals surface area contributed by atoms with E-state index < -0.39 is 10.0 Å². The van der Waals surface area contributed by atoms with Crippen molar-refractivity contribution in [3.63, 3.8) is 0 Å². The topological polar surface area (TPSA) is 58.5 Å². The summed E-state index contributed by atoms with van der Waals surface area (Å²) in [6.07, 6.45) is 1.49. The monoisotopic (exact) mass is 386 g/mol. The van der Waals surface area contributed by atoms with Crippen LogP contribution in [0.5, 0.6) is 0 Å². The Morgan fingerprint density at radius 3 is 2.32 bits per heavy atom. The zero-order valence-electron chi connectivity index (χ0n) is 9.82. The molecular weight excluding hydrogens is 375 g/mol. The maximum Gasteiger partial charge on any atom is 0.276 e. The minimum atomic E-state index is -3.59. The lowest BCUT2D eigenvalue weighted by molar-refractivity contribution is 0.584. The van der Waals surface area contributed by atoms with Crippen molar-refractivity contribution in [3.8, 4) is 0 Å². The quantitative estimate of drug-likeness (QED) is 0.499. The molecule has 0 bridgehead atoms. The van der Waals surface area contributed by atoms with Gasteiger partial charge in [-0.25, -0.2) is 4.83 Å². The molecule has 0 atom stereocenters. The highest BCUT2D eigenvalue weighted by molar-refractivity contribution is 14.1. The van der Waals surface area contributed by atoms with Gasteiger partial charge in [0.15, 0.2) is 0 Å². The fourth-order valence-corrected chi connectivity index (χ4v) is 2.74. The van der Waals surface area contributed by atoms with E-state index >= 15 is 0 Å². The molecule has 0 aromatic heterocycles. The molecule has 0 fully saturated rings. The van der Waals surface area contributed by atoms with E-state index in [1.807, 2.05) is 24.3 Å². The molecule has 2 rings (SSSR count). The van der Waals surface area contributed by atoms with Crippen LogP contribution in [0.25, 0.3) is 0 Å². The largest absolute Gasteiger partial charge is 0.276 e. The molecule has 4 nitrogen and oxygen atoms in total. The molecule has 0 saturated heterocycles.